The highest BCUT2D eigenvalue weighted by atomic mass is 19.4. The molecular weight excluding hydrogens is 285 g/mol. The second kappa shape index (κ2) is 7.47. The molecule has 0 atom stereocenters. The van der Waals surface area contributed by atoms with Crippen molar-refractivity contribution in [2.24, 2.45) is 0 Å². The van der Waals surface area contributed by atoms with Crippen LogP contribution in [0.5, 0.6) is 0 Å². The molecule has 21 heavy (non-hydrogen) atoms. The van der Waals surface area contributed by atoms with E-state index in [1.54, 1.807) is 11.4 Å². The van der Waals surface area contributed by atoms with Gasteiger partial charge in [-0.15, -0.1) is 0 Å². The molecule has 1 aromatic rings. The molecule has 0 unspecified atom stereocenters. The summed E-state index contributed by atoms with van der Waals surface area (Å²) in [5, 5.41) is 4.02. The monoisotopic (exact) mass is 300 g/mol. The molecule has 0 saturated heterocycles. The Morgan fingerprint density at radius 1 is 1.10 bits per heavy atom. The maximum absolute atomic E-state index is 11.9. The van der Waals surface area contributed by atoms with Crippen LogP contribution >= 0.6 is 0 Å². The highest BCUT2D eigenvalue weighted by Crippen LogP contribution is 2.13. The largest absolute Gasteiger partial charge is 0.471 e. The quantitative estimate of drug-likeness (QED) is 0.643. The van der Waals surface area contributed by atoms with E-state index in [1.165, 1.54) is 6.08 Å². The Hall–Kier alpha value is -2.31. The number of hydrogen-bond acceptors (Lipinski definition) is 2. The van der Waals surface area contributed by atoms with Gasteiger partial charge in [0.05, 0.1) is 0 Å². The number of carbonyl (C=O) groups is 2. The summed E-state index contributed by atoms with van der Waals surface area (Å²) in [5.74, 6) is -2.47. The lowest BCUT2D eigenvalue weighted by Gasteiger charge is -2.07. The van der Waals surface area contributed by atoms with E-state index in [2.05, 4.69) is 5.32 Å². The van der Waals surface area contributed by atoms with Crippen LogP contribution in [0.4, 0.5) is 13.2 Å². The van der Waals surface area contributed by atoms with Crippen LogP contribution in [0.1, 0.15) is 11.1 Å². The zero-order valence-electron chi connectivity index (χ0n) is 11.3. The number of aryl methyl sites for hydroxylation is 1. The van der Waals surface area contributed by atoms with Crippen LogP contribution < -0.4 is 10.6 Å². The van der Waals surface area contributed by atoms with Gasteiger partial charge < -0.3 is 10.6 Å². The number of rotatable bonds is 5. The van der Waals surface area contributed by atoms with Crippen molar-refractivity contribution < 1.29 is 22.8 Å². The molecule has 2 amide bonds. The van der Waals surface area contributed by atoms with E-state index in [4.69, 9.17) is 0 Å². The van der Waals surface area contributed by atoms with Crippen molar-refractivity contribution in [3.63, 3.8) is 0 Å². The van der Waals surface area contributed by atoms with Gasteiger partial charge in [-0.05, 0) is 18.6 Å². The minimum atomic E-state index is -4.91. The third-order valence-electron chi connectivity index (χ3n) is 2.47. The fourth-order valence-corrected chi connectivity index (χ4v) is 1.37. The van der Waals surface area contributed by atoms with E-state index in [1.807, 2.05) is 31.2 Å². The van der Waals surface area contributed by atoms with Crippen molar-refractivity contribution in [3.8, 4) is 0 Å². The standard InChI is InChI=1S/C14H15F3N2O2/c1-10-2-4-11(5-3-10)6-7-12(20)18-8-9-19-13(21)14(15,16)17/h2-7H,8-9H2,1H3,(H,18,20)(H,19,21)/b7-6+. The second-order valence-electron chi connectivity index (χ2n) is 4.29. The smallest absolute Gasteiger partial charge is 0.351 e. The average molecular weight is 300 g/mol. The molecule has 1 aromatic carbocycles. The Morgan fingerprint density at radius 3 is 2.24 bits per heavy atom. The zero-order valence-corrected chi connectivity index (χ0v) is 11.3. The molecule has 0 bridgehead atoms. The van der Waals surface area contributed by atoms with Crippen molar-refractivity contribution in [1.82, 2.24) is 10.6 Å². The fourth-order valence-electron chi connectivity index (χ4n) is 1.37. The van der Waals surface area contributed by atoms with E-state index in [0.717, 1.165) is 11.1 Å². The summed E-state index contributed by atoms with van der Waals surface area (Å²) in [4.78, 5) is 21.9. The first-order chi connectivity index (χ1) is 9.79. The van der Waals surface area contributed by atoms with E-state index in [-0.39, 0.29) is 13.1 Å². The van der Waals surface area contributed by atoms with Gasteiger partial charge >= 0.3 is 12.1 Å². The molecule has 0 aromatic heterocycles. The van der Waals surface area contributed by atoms with Crippen molar-refractivity contribution >= 4 is 17.9 Å². The Bertz CT molecular complexity index is 522. The minimum Gasteiger partial charge on any atom is -0.351 e. The predicted octanol–water partition coefficient (Wildman–Crippen LogP) is 1.80. The highest BCUT2D eigenvalue weighted by molar-refractivity contribution is 5.91. The van der Waals surface area contributed by atoms with Crippen LogP contribution in [0.25, 0.3) is 6.08 Å². The summed E-state index contributed by atoms with van der Waals surface area (Å²) in [6.45, 7) is 1.57. The molecular formula is C14H15F3N2O2. The maximum atomic E-state index is 11.9. The van der Waals surface area contributed by atoms with Gasteiger partial charge in [0.15, 0.2) is 0 Å². The number of benzene rings is 1. The van der Waals surface area contributed by atoms with Gasteiger partial charge in [-0.1, -0.05) is 29.8 Å². The van der Waals surface area contributed by atoms with Crippen LogP contribution in [0.2, 0.25) is 0 Å². The summed E-state index contributed by atoms with van der Waals surface area (Å²) in [7, 11) is 0. The molecule has 1 rings (SSSR count). The first-order valence-corrected chi connectivity index (χ1v) is 6.16. The Kier molecular flexibility index (Phi) is 5.95. The van der Waals surface area contributed by atoms with E-state index in [9.17, 15) is 22.8 Å². The predicted molar refractivity (Wildman–Crippen MR) is 72.3 cm³/mol. The van der Waals surface area contributed by atoms with Crippen LogP contribution in [0.3, 0.4) is 0 Å². The molecule has 0 aliphatic rings. The van der Waals surface area contributed by atoms with Crippen LogP contribution in [0, 0.1) is 6.92 Å². The molecule has 114 valence electrons. The zero-order chi connectivity index (χ0) is 15.9. The first kappa shape index (κ1) is 16.7. The van der Waals surface area contributed by atoms with E-state index in [0.29, 0.717) is 0 Å². The molecule has 7 heteroatoms. The van der Waals surface area contributed by atoms with Gasteiger partial charge in [0.25, 0.3) is 0 Å². The van der Waals surface area contributed by atoms with Crippen LogP contribution in [0.15, 0.2) is 30.3 Å². The van der Waals surface area contributed by atoms with Crippen LogP contribution in [-0.2, 0) is 9.59 Å². The van der Waals surface area contributed by atoms with Gasteiger partial charge in [-0.25, -0.2) is 0 Å². The Morgan fingerprint density at radius 2 is 1.67 bits per heavy atom. The van der Waals surface area contributed by atoms with Crippen molar-refractivity contribution in [1.29, 1.82) is 0 Å². The third-order valence-corrected chi connectivity index (χ3v) is 2.47. The van der Waals surface area contributed by atoms with Crippen molar-refractivity contribution in [3.05, 3.63) is 41.5 Å². The number of carbonyl (C=O) groups excluding carboxylic acids is 2. The average Bonchev–Trinajstić information content (AvgIpc) is 2.41. The fraction of sp³-hybridized carbons (Fsp3) is 0.286. The molecule has 0 radical (unpaired) electrons. The highest BCUT2D eigenvalue weighted by Gasteiger charge is 2.38. The van der Waals surface area contributed by atoms with Gasteiger partial charge in [0.2, 0.25) is 5.91 Å². The third kappa shape index (κ3) is 6.60. The minimum absolute atomic E-state index is 0.0844. The summed E-state index contributed by atoms with van der Waals surface area (Å²) in [5.41, 5.74) is 1.93. The summed E-state index contributed by atoms with van der Waals surface area (Å²) in [6, 6.07) is 7.46. The summed E-state index contributed by atoms with van der Waals surface area (Å²) >= 11 is 0. The van der Waals surface area contributed by atoms with Gasteiger partial charge in [-0.3, -0.25) is 9.59 Å². The Balaban J connectivity index is 2.28. The van der Waals surface area contributed by atoms with Crippen LogP contribution in [-0.4, -0.2) is 31.1 Å². The number of alkyl halides is 3. The molecule has 0 aliphatic heterocycles. The van der Waals surface area contributed by atoms with Gasteiger partial charge in [-0.2, -0.15) is 13.2 Å². The number of hydrogen-bond donors (Lipinski definition) is 2. The van der Waals surface area contributed by atoms with Crippen molar-refractivity contribution in [2.75, 3.05) is 13.1 Å². The lowest BCUT2D eigenvalue weighted by molar-refractivity contribution is -0.173. The van der Waals surface area contributed by atoms with Crippen molar-refractivity contribution in [2.45, 2.75) is 13.1 Å². The van der Waals surface area contributed by atoms with Gasteiger partial charge in [0.1, 0.15) is 0 Å². The molecule has 2 N–H and O–H groups in total. The Labute approximate surface area is 120 Å². The SMILES string of the molecule is Cc1ccc(/C=C/C(=O)NCCNC(=O)C(F)(F)F)cc1. The lowest BCUT2D eigenvalue weighted by Crippen LogP contribution is -2.40. The molecule has 0 aliphatic carbocycles. The number of nitrogens with one attached hydrogen (secondary N) is 2. The first-order valence-electron chi connectivity index (χ1n) is 6.16. The number of halogens is 3. The van der Waals surface area contributed by atoms with E-state index >= 15 is 0 Å². The molecule has 0 heterocycles. The second-order valence-corrected chi connectivity index (χ2v) is 4.29. The summed E-state index contributed by atoms with van der Waals surface area (Å²) in [6.07, 6.45) is -2.05. The summed E-state index contributed by atoms with van der Waals surface area (Å²) < 4.78 is 35.6. The molecule has 0 fully saturated rings. The topological polar surface area (TPSA) is 58.2 Å². The molecule has 4 nitrogen and oxygen atoms in total. The van der Waals surface area contributed by atoms with Gasteiger partial charge in [0, 0.05) is 19.2 Å². The number of amides is 2. The maximum Gasteiger partial charge on any atom is 0.471 e. The molecule has 0 spiro atoms. The normalized spacial score (nSPS) is 11.4. The lowest BCUT2D eigenvalue weighted by atomic mass is 10.1. The molecule has 0 saturated carbocycles. The van der Waals surface area contributed by atoms with E-state index < -0.39 is 18.0 Å².